The minimum Gasteiger partial charge on any atom is -0.270 e. The van der Waals surface area contributed by atoms with Gasteiger partial charge in [-0.15, -0.1) is 0 Å². The van der Waals surface area contributed by atoms with E-state index in [1.807, 2.05) is 54.6 Å². The zero-order chi connectivity index (χ0) is 17.4. The fourth-order valence-electron chi connectivity index (χ4n) is 2.12. The maximum absolute atomic E-state index is 5.67. The lowest BCUT2D eigenvalue weighted by Gasteiger charge is -2.07. The quantitative estimate of drug-likeness (QED) is 0.429. The number of nitrogens with zero attached hydrogens (tertiary/aromatic N) is 3. The van der Waals surface area contributed by atoms with Crippen LogP contribution in [0.25, 0.3) is 5.57 Å². The van der Waals surface area contributed by atoms with Gasteiger partial charge in [0.15, 0.2) is 11.7 Å². The lowest BCUT2D eigenvalue weighted by atomic mass is 10.0. The normalized spacial score (nSPS) is 12.4. The highest BCUT2D eigenvalue weighted by atomic mass is 35.5. The van der Waals surface area contributed by atoms with Gasteiger partial charge in [0.25, 0.3) is 0 Å². The zero-order valence-electron chi connectivity index (χ0n) is 13.5. The van der Waals surface area contributed by atoms with Gasteiger partial charge >= 0.3 is 0 Å². The molecule has 0 unspecified atom stereocenters. The summed E-state index contributed by atoms with van der Waals surface area (Å²) in [6.45, 7) is 7.73. The summed E-state index contributed by atoms with van der Waals surface area (Å²) < 4.78 is 0. The number of benzene rings is 2. The summed E-state index contributed by atoms with van der Waals surface area (Å²) in [7, 11) is 1.70. The lowest BCUT2D eigenvalue weighted by molar-refractivity contribution is 1.37. The summed E-state index contributed by atoms with van der Waals surface area (Å²) in [6.07, 6.45) is 1.72. The van der Waals surface area contributed by atoms with E-state index in [-0.39, 0.29) is 0 Å². The van der Waals surface area contributed by atoms with Crippen LogP contribution in [0.15, 0.2) is 88.8 Å². The molecule has 0 aliphatic heterocycles. The number of amidine groups is 2. The standard InChI is InChI=1S/C20H18ClN3/c1-4-15(2)17-11-8-12-18(13-17)19(22-3)24-20(23-14-21)16-9-6-5-7-10-16/h4-14H,1-2H2,3H3. The van der Waals surface area contributed by atoms with E-state index in [2.05, 4.69) is 28.1 Å². The Bertz CT molecular complexity index is 818. The molecule has 0 aliphatic carbocycles. The molecule has 0 saturated heterocycles. The summed E-state index contributed by atoms with van der Waals surface area (Å²) in [5, 5.41) is 0. The number of halogens is 1. The summed E-state index contributed by atoms with van der Waals surface area (Å²) in [5.41, 5.74) is 4.76. The Balaban J connectivity index is 2.47. The summed E-state index contributed by atoms with van der Waals surface area (Å²) in [4.78, 5) is 13.0. The first-order valence-corrected chi connectivity index (χ1v) is 7.79. The molecule has 0 fully saturated rings. The van der Waals surface area contributed by atoms with Crippen LogP contribution in [0.1, 0.15) is 16.7 Å². The molecule has 4 heteroatoms. The maximum Gasteiger partial charge on any atom is 0.162 e. The van der Waals surface area contributed by atoms with Gasteiger partial charge in [-0.1, -0.05) is 79.4 Å². The number of rotatable bonds is 4. The van der Waals surface area contributed by atoms with Crippen LogP contribution in [0.4, 0.5) is 0 Å². The SMILES string of the molecule is C=CC(=C)c1cccc(C(=NC)N=C(N=CCl)c2ccccc2)c1. The predicted octanol–water partition coefficient (Wildman–Crippen LogP) is 4.98. The molecule has 2 aromatic rings. The smallest absolute Gasteiger partial charge is 0.162 e. The van der Waals surface area contributed by atoms with Gasteiger partial charge in [-0.2, -0.15) is 0 Å². The van der Waals surface area contributed by atoms with Crippen molar-refractivity contribution in [2.24, 2.45) is 15.0 Å². The lowest BCUT2D eigenvalue weighted by Crippen LogP contribution is -2.05. The van der Waals surface area contributed by atoms with Crippen LogP contribution in [0.3, 0.4) is 0 Å². The Kier molecular flexibility index (Phi) is 6.41. The third-order valence-corrected chi connectivity index (χ3v) is 3.46. The van der Waals surface area contributed by atoms with Crippen molar-refractivity contribution in [3.63, 3.8) is 0 Å². The number of hydrogen-bond donors (Lipinski definition) is 0. The fraction of sp³-hybridized carbons (Fsp3) is 0.0500. The monoisotopic (exact) mass is 335 g/mol. The van der Waals surface area contributed by atoms with E-state index in [1.54, 1.807) is 13.1 Å². The highest BCUT2D eigenvalue weighted by molar-refractivity contribution is 6.57. The summed E-state index contributed by atoms with van der Waals surface area (Å²) >= 11 is 5.67. The van der Waals surface area contributed by atoms with Crippen molar-refractivity contribution >= 4 is 34.5 Å². The predicted molar refractivity (Wildman–Crippen MR) is 105 cm³/mol. The third kappa shape index (κ3) is 4.37. The van der Waals surface area contributed by atoms with Gasteiger partial charge in [0.2, 0.25) is 0 Å². The van der Waals surface area contributed by atoms with Gasteiger partial charge in [0.05, 0.1) is 5.67 Å². The van der Waals surface area contributed by atoms with Gasteiger partial charge in [-0.05, 0) is 17.2 Å². The van der Waals surface area contributed by atoms with Crippen molar-refractivity contribution in [1.82, 2.24) is 0 Å². The second-order valence-corrected chi connectivity index (χ2v) is 5.08. The van der Waals surface area contributed by atoms with E-state index in [1.165, 1.54) is 5.67 Å². The molecule has 0 aromatic heterocycles. The zero-order valence-corrected chi connectivity index (χ0v) is 14.2. The molecule has 0 radical (unpaired) electrons. The topological polar surface area (TPSA) is 37.1 Å². The van der Waals surface area contributed by atoms with Crippen molar-refractivity contribution in [3.8, 4) is 0 Å². The van der Waals surface area contributed by atoms with E-state index in [9.17, 15) is 0 Å². The van der Waals surface area contributed by atoms with Gasteiger partial charge in [0, 0.05) is 18.2 Å². The molecule has 0 atom stereocenters. The van der Waals surface area contributed by atoms with E-state index >= 15 is 0 Å². The van der Waals surface area contributed by atoms with Crippen LogP contribution in [-0.2, 0) is 0 Å². The van der Waals surface area contributed by atoms with Gasteiger partial charge in [-0.25, -0.2) is 9.98 Å². The molecule has 0 N–H and O–H groups in total. The molecule has 0 aliphatic rings. The van der Waals surface area contributed by atoms with Crippen LogP contribution in [0.2, 0.25) is 0 Å². The summed E-state index contributed by atoms with van der Waals surface area (Å²) in [6, 6.07) is 17.5. The van der Waals surface area contributed by atoms with Crippen LogP contribution < -0.4 is 0 Å². The van der Waals surface area contributed by atoms with Crippen molar-refractivity contribution in [2.45, 2.75) is 0 Å². The van der Waals surface area contributed by atoms with Gasteiger partial charge in [-0.3, -0.25) is 4.99 Å². The van der Waals surface area contributed by atoms with E-state index in [4.69, 9.17) is 11.6 Å². The summed E-state index contributed by atoms with van der Waals surface area (Å²) in [5.74, 6) is 1.06. The molecule has 3 nitrogen and oxygen atoms in total. The first kappa shape index (κ1) is 17.6. The molecular formula is C20H18ClN3. The van der Waals surface area contributed by atoms with Crippen LogP contribution in [0, 0.1) is 0 Å². The molecular weight excluding hydrogens is 318 g/mol. The van der Waals surface area contributed by atoms with Crippen LogP contribution in [-0.4, -0.2) is 24.4 Å². The van der Waals surface area contributed by atoms with Crippen molar-refractivity contribution in [1.29, 1.82) is 0 Å². The molecule has 120 valence electrons. The second-order valence-electron chi connectivity index (χ2n) is 4.89. The molecule has 2 rings (SSSR count). The minimum absolute atomic E-state index is 0.499. The van der Waals surface area contributed by atoms with Crippen molar-refractivity contribution in [3.05, 3.63) is 90.5 Å². The van der Waals surface area contributed by atoms with E-state index < -0.39 is 0 Å². The van der Waals surface area contributed by atoms with Crippen LogP contribution >= 0.6 is 11.6 Å². The molecule has 0 spiro atoms. The Morgan fingerprint density at radius 1 is 0.958 bits per heavy atom. The van der Waals surface area contributed by atoms with Gasteiger partial charge < -0.3 is 0 Å². The first-order chi connectivity index (χ1) is 11.7. The average Bonchev–Trinajstić information content (AvgIpc) is 2.65. The van der Waals surface area contributed by atoms with Crippen LogP contribution in [0.5, 0.6) is 0 Å². The first-order valence-electron chi connectivity index (χ1n) is 7.35. The van der Waals surface area contributed by atoms with E-state index in [0.29, 0.717) is 11.7 Å². The van der Waals surface area contributed by atoms with Gasteiger partial charge in [0.1, 0.15) is 0 Å². The second kappa shape index (κ2) is 8.75. The molecule has 24 heavy (non-hydrogen) atoms. The van der Waals surface area contributed by atoms with E-state index in [0.717, 1.165) is 22.3 Å². The molecule has 2 aromatic carbocycles. The number of allylic oxidation sites excluding steroid dienone is 2. The Morgan fingerprint density at radius 3 is 2.25 bits per heavy atom. The highest BCUT2D eigenvalue weighted by Gasteiger charge is 2.07. The maximum atomic E-state index is 5.67. The third-order valence-electron chi connectivity index (χ3n) is 3.36. The average molecular weight is 336 g/mol. The Morgan fingerprint density at radius 2 is 1.62 bits per heavy atom. The number of hydrogen-bond acceptors (Lipinski definition) is 1. The number of aliphatic imine (C=N–C) groups is 3. The van der Waals surface area contributed by atoms with Crippen molar-refractivity contribution in [2.75, 3.05) is 7.05 Å². The largest absolute Gasteiger partial charge is 0.270 e. The molecule has 0 heterocycles. The Labute approximate surface area is 147 Å². The highest BCUT2D eigenvalue weighted by Crippen LogP contribution is 2.16. The Hall–Kier alpha value is -2.78. The van der Waals surface area contributed by atoms with Crippen molar-refractivity contribution < 1.29 is 0 Å². The fourth-order valence-corrected chi connectivity index (χ4v) is 2.21. The molecule has 0 saturated carbocycles. The minimum atomic E-state index is 0.499. The molecule has 0 bridgehead atoms. The molecule has 0 amide bonds.